The lowest BCUT2D eigenvalue weighted by Crippen LogP contribution is -2.50. The van der Waals surface area contributed by atoms with E-state index in [2.05, 4.69) is 10.2 Å². The molecule has 1 aliphatic heterocycles. The summed E-state index contributed by atoms with van der Waals surface area (Å²) >= 11 is 0. The van der Waals surface area contributed by atoms with Gasteiger partial charge in [0.25, 0.3) is 15.8 Å². The van der Waals surface area contributed by atoms with E-state index in [0.29, 0.717) is 36.3 Å². The van der Waals surface area contributed by atoms with Crippen LogP contribution in [0.25, 0.3) is 0 Å². The summed E-state index contributed by atoms with van der Waals surface area (Å²) in [5.41, 5.74) is 0.694. The molecule has 13 heteroatoms. The number of anilines is 1. The zero-order valence-corrected chi connectivity index (χ0v) is 20.0. The lowest BCUT2D eigenvalue weighted by molar-refractivity contribution is -0.384. The van der Waals surface area contributed by atoms with Gasteiger partial charge in [-0.05, 0) is 50.5 Å². The van der Waals surface area contributed by atoms with E-state index in [1.807, 2.05) is 18.7 Å². The van der Waals surface area contributed by atoms with Crippen molar-refractivity contribution in [3.8, 4) is 5.75 Å². The molecule has 0 bridgehead atoms. The molecule has 0 radical (unpaired) electrons. The molecule has 2 aromatic carbocycles. The number of hydrogen-bond donors (Lipinski definition) is 3. The van der Waals surface area contributed by atoms with Crippen molar-refractivity contribution in [1.29, 1.82) is 0 Å². The summed E-state index contributed by atoms with van der Waals surface area (Å²) in [6.45, 7) is 4.12. The first kappa shape index (κ1) is 26.0. The number of azo groups is 1. The molecule has 0 aliphatic carbocycles. The maximum absolute atomic E-state index is 11.7. The molecule has 188 valence electrons. The predicted molar refractivity (Wildman–Crippen MR) is 127 cm³/mol. The number of hydrogen-bond acceptors (Lipinski definition) is 9. The van der Waals surface area contributed by atoms with Crippen LogP contribution in [0.4, 0.5) is 22.7 Å². The van der Waals surface area contributed by atoms with Gasteiger partial charge in [-0.25, -0.2) is 0 Å². The summed E-state index contributed by atoms with van der Waals surface area (Å²) in [5, 5.41) is 38.5. The molecule has 1 heterocycles. The van der Waals surface area contributed by atoms with Gasteiger partial charge in [0.15, 0.2) is 0 Å². The lowest BCUT2D eigenvalue weighted by atomic mass is 9.79. The quantitative estimate of drug-likeness (QED) is 0.190. The van der Waals surface area contributed by atoms with Crippen LogP contribution < -0.4 is 4.90 Å². The number of non-ortho nitro benzene ring substituents is 1. The molecule has 0 amide bonds. The highest BCUT2D eigenvalue weighted by atomic mass is 32.2. The number of carboxylic acids is 1. The van der Waals surface area contributed by atoms with Crippen LogP contribution in [-0.2, 0) is 14.9 Å². The molecule has 12 nitrogen and oxygen atoms in total. The largest absolute Gasteiger partial charge is 0.506 e. The molecule has 2 aromatic rings. The first-order valence-corrected chi connectivity index (χ1v) is 12.4. The Hall–Kier alpha value is -3.58. The van der Waals surface area contributed by atoms with E-state index in [-0.39, 0.29) is 23.5 Å². The van der Waals surface area contributed by atoms with Gasteiger partial charge in [0, 0.05) is 48.3 Å². The zero-order chi connectivity index (χ0) is 26.0. The Kier molecular flexibility index (Phi) is 7.41. The standard InChI is InChI=1S/C22H26N4O8S/c1-22(2)12-14(13-35(32,33)34)17-10-18(24-23-15-5-7-16(8-6-15)26(30)31)20(27)11-19(17)25(22)9-3-4-21(28)29/h5-8,10-11,14,27H,3-4,9,12-13H2,1-2H3,(H,28,29)(H,32,33,34). The highest BCUT2D eigenvalue weighted by molar-refractivity contribution is 7.85. The van der Waals surface area contributed by atoms with Gasteiger partial charge in [-0.1, -0.05) is 0 Å². The average Bonchev–Trinajstić information content (AvgIpc) is 2.73. The molecule has 0 saturated heterocycles. The van der Waals surface area contributed by atoms with Crippen molar-refractivity contribution in [2.75, 3.05) is 17.2 Å². The molecule has 1 unspecified atom stereocenters. The minimum absolute atomic E-state index is 0.0487. The van der Waals surface area contributed by atoms with Crippen LogP contribution >= 0.6 is 0 Å². The fraction of sp³-hybridized carbons (Fsp3) is 0.409. The van der Waals surface area contributed by atoms with Gasteiger partial charge in [-0.3, -0.25) is 19.5 Å². The molecule has 3 rings (SSSR count). The van der Waals surface area contributed by atoms with Crippen LogP contribution in [-0.4, -0.2) is 51.9 Å². The first-order chi connectivity index (χ1) is 16.3. The molecular weight excluding hydrogens is 480 g/mol. The summed E-state index contributed by atoms with van der Waals surface area (Å²) in [5.74, 6) is -2.31. The van der Waals surface area contributed by atoms with E-state index >= 15 is 0 Å². The molecule has 0 spiro atoms. The maximum Gasteiger partial charge on any atom is 0.303 e. The summed E-state index contributed by atoms with van der Waals surface area (Å²) < 4.78 is 33.0. The van der Waals surface area contributed by atoms with Gasteiger partial charge in [0.05, 0.1) is 16.4 Å². The van der Waals surface area contributed by atoms with E-state index in [9.17, 15) is 33.0 Å². The Morgan fingerprint density at radius 3 is 2.46 bits per heavy atom. The Bertz CT molecular complexity index is 1260. The SMILES string of the molecule is CC1(C)CC(CS(=O)(=O)O)c2cc(N=Nc3ccc([N+](=O)[O-])cc3)c(O)cc2N1CCCC(=O)O. The normalized spacial score (nSPS) is 17.3. The summed E-state index contributed by atoms with van der Waals surface area (Å²) in [6.07, 6.45) is 0.629. The second kappa shape index (κ2) is 9.96. The number of phenols is 1. The predicted octanol–water partition coefficient (Wildman–Crippen LogP) is 4.54. The molecule has 35 heavy (non-hydrogen) atoms. The zero-order valence-electron chi connectivity index (χ0n) is 19.2. The summed E-state index contributed by atoms with van der Waals surface area (Å²) in [4.78, 5) is 23.2. The van der Waals surface area contributed by atoms with Crippen molar-refractivity contribution in [3.05, 3.63) is 52.1 Å². The number of aromatic hydroxyl groups is 1. The van der Waals surface area contributed by atoms with E-state index in [1.54, 1.807) is 0 Å². The number of fused-ring (bicyclic) bond motifs is 1. The van der Waals surface area contributed by atoms with E-state index in [4.69, 9.17) is 5.11 Å². The molecule has 0 aromatic heterocycles. The Balaban J connectivity index is 2.01. The smallest absolute Gasteiger partial charge is 0.303 e. The third-order valence-electron chi connectivity index (χ3n) is 5.85. The van der Waals surface area contributed by atoms with Crippen molar-refractivity contribution in [3.63, 3.8) is 0 Å². The highest BCUT2D eigenvalue weighted by Gasteiger charge is 2.40. The van der Waals surface area contributed by atoms with E-state index < -0.39 is 38.2 Å². The van der Waals surface area contributed by atoms with Gasteiger partial charge in [0.1, 0.15) is 11.4 Å². The minimum Gasteiger partial charge on any atom is -0.506 e. The number of benzene rings is 2. The topological polar surface area (TPSA) is 183 Å². The molecular formula is C22H26N4O8S. The highest BCUT2D eigenvalue weighted by Crippen LogP contribution is 2.48. The first-order valence-electron chi connectivity index (χ1n) is 10.7. The third kappa shape index (κ3) is 6.51. The van der Waals surface area contributed by atoms with Crippen LogP contribution in [0.3, 0.4) is 0 Å². The van der Waals surface area contributed by atoms with Gasteiger partial charge in [-0.2, -0.15) is 13.5 Å². The average molecular weight is 507 g/mol. The lowest BCUT2D eigenvalue weighted by Gasteiger charge is -2.48. The summed E-state index contributed by atoms with van der Waals surface area (Å²) in [6, 6.07) is 8.24. The monoisotopic (exact) mass is 506 g/mol. The van der Waals surface area contributed by atoms with Crippen LogP contribution in [0.2, 0.25) is 0 Å². The third-order valence-corrected chi connectivity index (χ3v) is 6.67. The molecule has 1 atom stereocenters. The fourth-order valence-corrected chi connectivity index (χ4v) is 5.14. The number of rotatable bonds is 9. The van der Waals surface area contributed by atoms with Gasteiger partial charge < -0.3 is 15.1 Å². The molecule has 0 fully saturated rings. The molecule has 1 aliphatic rings. The Morgan fingerprint density at radius 2 is 1.89 bits per heavy atom. The van der Waals surface area contributed by atoms with Crippen LogP contribution in [0.1, 0.15) is 44.6 Å². The maximum atomic E-state index is 11.7. The van der Waals surface area contributed by atoms with Crippen molar-refractivity contribution in [2.45, 2.75) is 44.6 Å². The van der Waals surface area contributed by atoms with Crippen LogP contribution in [0.15, 0.2) is 46.6 Å². The van der Waals surface area contributed by atoms with Crippen molar-refractivity contribution < 1.29 is 32.9 Å². The number of carboxylic acid groups (broad SMARTS) is 1. The molecule has 3 N–H and O–H groups in total. The second-order valence-electron chi connectivity index (χ2n) is 8.98. The molecule has 0 saturated carbocycles. The number of nitro groups is 1. The number of nitro benzene ring substituents is 1. The Labute approximate surface area is 201 Å². The number of carbonyl (C=O) groups is 1. The summed E-state index contributed by atoms with van der Waals surface area (Å²) in [7, 11) is -4.32. The fourth-order valence-electron chi connectivity index (χ4n) is 4.34. The van der Waals surface area contributed by atoms with Crippen molar-refractivity contribution in [2.24, 2.45) is 10.2 Å². The van der Waals surface area contributed by atoms with Crippen molar-refractivity contribution >= 4 is 38.8 Å². The van der Waals surface area contributed by atoms with E-state index in [0.717, 1.165) is 0 Å². The number of phenolic OH excluding ortho intramolecular Hbond substituents is 1. The van der Waals surface area contributed by atoms with Gasteiger partial charge in [0.2, 0.25) is 0 Å². The van der Waals surface area contributed by atoms with Crippen LogP contribution in [0, 0.1) is 10.1 Å². The van der Waals surface area contributed by atoms with E-state index in [1.165, 1.54) is 36.4 Å². The Morgan fingerprint density at radius 1 is 1.23 bits per heavy atom. The minimum atomic E-state index is -4.32. The van der Waals surface area contributed by atoms with Gasteiger partial charge in [-0.15, -0.1) is 5.11 Å². The second-order valence-corrected chi connectivity index (χ2v) is 10.5. The number of nitrogens with zero attached hydrogens (tertiary/aromatic N) is 4. The van der Waals surface area contributed by atoms with Gasteiger partial charge >= 0.3 is 5.97 Å². The van der Waals surface area contributed by atoms with Crippen LogP contribution in [0.5, 0.6) is 5.75 Å². The number of aliphatic carboxylic acids is 1. The van der Waals surface area contributed by atoms with Crippen molar-refractivity contribution in [1.82, 2.24) is 0 Å².